The molecule has 0 spiro atoms. The number of carbonyl (C=O) groups excluding carboxylic acids is 1. The first-order chi connectivity index (χ1) is 8.54. The number of aryl methyl sites for hydroxylation is 1. The maximum atomic E-state index is 13.9. The number of nitrogens with two attached hydrogens (primary N) is 1. The molecule has 2 rings (SSSR count). The van der Waals surface area contributed by atoms with Crippen molar-refractivity contribution in [2.75, 3.05) is 13.1 Å². The number of rotatable bonds is 2. The van der Waals surface area contributed by atoms with Gasteiger partial charge in [0.15, 0.2) is 0 Å². The Morgan fingerprint density at radius 1 is 1.56 bits per heavy atom. The van der Waals surface area contributed by atoms with Gasteiger partial charge in [0.1, 0.15) is 5.82 Å². The molecule has 0 saturated carbocycles. The molecule has 18 heavy (non-hydrogen) atoms. The van der Waals surface area contributed by atoms with Crippen LogP contribution in [0.4, 0.5) is 4.39 Å². The van der Waals surface area contributed by atoms with E-state index in [9.17, 15) is 9.18 Å². The average Bonchev–Trinajstić information content (AvgIpc) is 2.73. The van der Waals surface area contributed by atoms with E-state index in [0.29, 0.717) is 24.6 Å². The van der Waals surface area contributed by atoms with E-state index in [1.807, 2.05) is 6.92 Å². The van der Waals surface area contributed by atoms with Crippen molar-refractivity contribution in [1.29, 1.82) is 0 Å². The molecule has 1 aliphatic heterocycles. The fourth-order valence-corrected chi connectivity index (χ4v) is 2.56. The molecule has 98 valence electrons. The molecule has 2 atom stereocenters. The lowest BCUT2D eigenvalue weighted by atomic mass is 10.1. The average molecular weight is 250 g/mol. The van der Waals surface area contributed by atoms with Crippen LogP contribution in [0.5, 0.6) is 0 Å². The molecule has 1 saturated heterocycles. The Hall–Kier alpha value is -1.42. The van der Waals surface area contributed by atoms with Crippen LogP contribution in [-0.4, -0.2) is 29.9 Å². The molecule has 1 aromatic rings. The van der Waals surface area contributed by atoms with Crippen molar-refractivity contribution in [2.24, 2.45) is 11.7 Å². The Kier molecular flexibility index (Phi) is 3.66. The van der Waals surface area contributed by atoms with Crippen LogP contribution in [0.1, 0.15) is 29.3 Å². The molecular formula is C14H19FN2O. The zero-order valence-corrected chi connectivity index (χ0v) is 10.8. The lowest BCUT2D eigenvalue weighted by Crippen LogP contribution is -2.35. The number of hydrogen-bond acceptors (Lipinski definition) is 2. The van der Waals surface area contributed by atoms with Gasteiger partial charge in [-0.05, 0) is 44.4 Å². The summed E-state index contributed by atoms with van der Waals surface area (Å²) in [4.78, 5) is 14.1. The van der Waals surface area contributed by atoms with Crippen molar-refractivity contribution in [1.82, 2.24) is 4.90 Å². The number of likely N-dealkylation sites (tertiary alicyclic amines) is 1. The Balaban J connectivity index is 2.24. The predicted octanol–water partition coefficient (Wildman–Crippen LogP) is 1.94. The molecule has 1 aliphatic rings. The normalized spacial score (nSPS) is 23.4. The highest BCUT2D eigenvalue weighted by atomic mass is 19.1. The van der Waals surface area contributed by atoms with Gasteiger partial charge in [-0.15, -0.1) is 0 Å². The third-order valence-corrected chi connectivity index (χ3v) is 3.68. The molecule has 2 unspecified atom stereocenters. The first-order valence-electron chi connectivity index (χ1n) is 6.30. The van der Waals surface area contributed by atoms with Crippen molar-refractivity contribution >= 4 is 5.91 Å². The highest BCUT2D eigenvalue weighted by molar-refractivity contribution is 5.95. The van der Waals surface area contributed by atoms with E-state index in [1.165, 1.54) is 0 Å². The number of nitrogens with zero attached hydrogens (tertiary/aromatic N) is 1. The van der Waals surface area contributed by atoms with Gasteiger partial charge >= 0.3 is 0 Å². The molecule has 1 heterocycles. The van der Waals surface area contributed by atoms with E-state index in [-0.39, 0.29) is 17.5 Å². The second-order valence-corrected chi connectivity index (χ2v) is 5.08. The van der Waals surface area contributed by atoms with Crippen LogP contribution in [0.2, 0.25) is 0 Å². The summed E-state index contributed by atoms with van der Waals surface area (Å²) in [5, 5.41) is 0. The molecule has 4 heteroatoms. The minimum absolute atomic E-state index is 0.131. The third-order valence-electron chi connectivity index (χ3n) is 3.68. The number of benzene rings is 1. The van der Waals surface area contributed by atoms with Crippen LogP contribution >= 0.6 is 0 Å². The predicted molar refractivity (Wildman–Crippen MR) is 68.8 cm³/mol. The number of carbonyl (C=O) groups is 1. The van der Waals surface area contributed by atoms with Crippen LogP contribution in [0, 0.1) is 18.7 Å². The summed E-state index contributed by atoms with van der Waals surface area (Å²) in [7, 11) is 0. The van der Waals surface area contributed by atoms with Crippen molar-refractivity contribution in [3.05, 3.63) is 35.1 Å². The number of halogens is 1. The van der Waals surface area contributed by atoms with Gasteiger partial charge in [0.05, 0.1) is 5.56 Å². The van der Waals surface area contributed by atoms with Crippen LogP contribution in [0.3, 0.4) is 0 Å². The van der Waals surface area contributed by atoms with Crippen LogP contribution in [0.15, 0.2) is 18.2 Å². The summed E-state index contributed by atoms with van der Waals surface area (Å²) in [5.74, 6) is -0.303. The minimum Gasteiger partial charge on any atom is -0.336 e. The summed E-state index contributed by atoms with van der Waals surface area (Å²) >= 11 is 0. The van der Waals surface area contributed by atoms with Gasteiger partial charge in [-0.25, -0.2) is 4.39 Å². The van der Waals surface area contributed by atoms with E-state index < -0.39 is 5.82 Å². The van der Waals surface area contributed by atoms with Crippen molar-refractivity contribution < 1.29 is 9.18 Å². The molecule has 0 aliphatic carbocycles. The van der Waals surface area contributed by atoms with Crippen molar-refractivity contribution in [3.8, 4) is 0 Å². The Morgan fingerprint density at radius 3 is 2.89 bits per heavy atom. The summed E-state index contributed by atoms with van der Waals surface area (Å²) in [6.45, 7) is 4.86. The van der Waals surface area contributed by atoms with Gasteiger partial charge in [-0.2, -0.15) is 0 Å². The minimum atomic E-state index is -0.411. The molecule has 1 fully saturated rings. The summed E-state index contributed by atoms with van der Waals surface area (Å²) in [6.07, 6.45) is 0.898. The zero-order chi connectivity index (χ0) is 13.3. The molecule has 0 radical (unpaired) electrons. The molecule has 3 nitrogen and oxygen atoms in total. The van der Waals surface area contributed by atoms with E-state index >= 15 is 0 Å². The highest BCUT2D eigenvalue weighted by Crippen LogP contribution is 2.25. The third kappa shape index (κ3) is 2.25. The van der Waals surface area contributed by atoms with Crippen LogP contribution in [-0.2, 0) is 0 Å². The van der Waals surface area contributed by atoms with E-state index in [2.05, 4.69) is 0 Å². The van der Waals surface area contributed by atoms with Crippen molar-refractivity contribution in [2.45, 2.75) is 26.3 Å². The monoisotopic (exact) mass is 250 g/mol. The Morgan fingerprint density at radius 2 is 2.28 bits per heavy atom. The molecule has 1 aromatic carbocycles. The molecule has 1 amide bonds. The Bertz CT molecular complexity index is 461. The lowest BCUT2D eigenvalue weighted by Gasteiger charge is -2.22. The fourth-order valence-electron chi connectivity index (χ4n) is 2.56. The summed E-state index contributed by atoms with van der Waals surface area (Å²) in [5.41, 5.74) is 6.31. The van der Waals surface area contributed by atoms with Crippen LogP contribution in [0.25, 0.3) is 0 Å². The summed E-state index contributed by atoms with van der Waals surface area (Å²) < 4.78 is 13.9. The standard InChI is InChI=1S/C14H19FN2O/c1-9-4-3-5-12(13(9)15)14(18)17-8-11(7-16)6-10(17)2/h3-5,10-11H,6-8,16H2,1-2H3. The van der Waals surface area contributed by atoms with Gasteiger partial charge in [0, 0.05) is 12.6 Å². The SMILES string of the molecule is Cc1cccc(C(=O)N2CC(CN)CC2C)c1F. The molecule has 0 aromatic heterocycles. The first kappa shape index (κ1) is 13.0. The smallest absolute Gasteiger partial charge is 0.257 e. The Labute approximate surface area is 107 Å². The van der Waals surface area contributed by atoms with Gasteiger partial charge in [-0.3, -0.25) is 4.79 Å². The highest BCUT2D eigenvalue weighted by Gasteiger charge is 2.33. The maximum absolute atomic E-state index is 13.9. The largest absolute Gasteiger partial charge is 0.336 e. The fraction of sp³-hybridized carbons (Fsp3) is 0.500. The van der Waals surface area contributed by atoms with E-state index in [1.54, 1.807) is 30.0 Å². The second-order valence-electron chi connectivity index (χ2n) is 5.08. The van der Waals surface area contributed by atoms with Crippen LogP contribution < -0.4 is 5.73 Å². The maximum Gasteiger partial charge on any atom is 0.257 e. The molecular weight excluding hydrogens is 231 g/mol. The van der Waals surface area contributed by atoms with E-state index in [4.69, 9.17) is 5.73 Å². The van der Waals surface area contributed by atoms with Gasteiger partial charge < -0.3 is 10.6 Å². The van der Waals surface area contributed by atoms with Gasteiger partial charge in [0.2, 0.25) is 0 Å². The zero-order valence-electron chi connectivity index (χ0n) is 10.8. The summed E-state index contributed by atoms with van der Waals surface area (Å²) in [6, 6.07) is 5.06. The first-order valence-corrected chi connectivity index (χ1v) is 6.30. The van der Waals surface area contributed by atoms with Gasteiger partial charge in [-0.1, -0.05) is 12.1 Å². The molecule has 2 N–H and O–H groups in total. The quantitative estimate of drug-likeness (QED) is 0.872. The number of amides is 1. The second kappa shape index (κ2) is 5.06. The topological polar surface area (TPSA) is 46.3 Å². The number of hydrogen-bond donors (Lipinski definition) is 1. The van der Waals surface area contributed by atoms with Crippen molar-refractivity contribution in [3.63, 3.8) is 0 Å². The van der Waals surface area contributed by atoms with Gasteiger partial charge in [0.25, 0.3) is 5.91 Å². The van der Waals surface area contributed by atoms with E-state index in [0.717, 1.165) is 6.42 Å². The lowest BCUT2D eigenvalue weighted by molar-refractivity contribution is 0.0738. The molecule has 0 bridgehead atoms.